The fraction of sp³-hybridized carbons (Fsp3) is 0.769. The Morgan fingerprint density at radius 3 is 2.62 bits per heavy atom. The van der Waals surface area contributed by atoms with Crippen LogP contribution in [0.4, 0.5) is 5.69 Å². The molecular formula is C13H25N3. The maximum Gasteiger partial charge on any atom is 0.0758 e. The number of hydrogen-bond donors (Lipinski definition) is 1. The molecule has 1 N–H and O–H groups in total. The Balaban J connectivity index is 2.64. The molecule has 3 heteroatoms. The molecule has 0 saturated heterocycles. The topological polar surface area (TPSA) is 29.9 Å². The van der Waals surface area contributed by atoms with Crippen molar-refractivity contribution in [2.75, 3.05) is 5.32 Å². The van der Waals surface area contributed by atoms with Gasteiger partial charge in [-0.2, -0.15) is 5.10 Å². The summed E-state index contributed by atoms with van der Waals surface area (Å²) in [5.74, 6) is 0.637. The average Bonchev–Trinajstić information content (AvgIpc) is 2.57. The van der Waals surface area contributed by atoms with E-state index in [4.69, 9.17) is 0 Å². The standard InChI is InChI=1S/C13H25N3/c1-6-7-8-16-12(5)13(9-14-16)15-11(4)10(2)3/h9-11,15H,6-8H2,1-5H3. The quantitative estimate of drug-likeness (QED) is 0.800. The Bertz CT molecular complexity index is 315. The van der Waals surface area contributed by atoms with Gasteiger partial charge in [0.1, 0.15) is 0 Å². The first-order valence-electron chi connectivity index (χ1n) is 6.35. The van der Waals surface area contributed by atoms with Crippen molar-refractivity contribution in [1.82, 2.24) is 9.78 Å². The van der Waals surface area contributed by atoms with E-state index >= 15 is 0 Å². The molecule has 3 nitrogen and oxygen atoms in total. The second-order valence-electron chi connectivity index (χ2n) is 4.90. The molecule has 0 aliphatic rings. The molecule has 0 saturated carbocycles. The van der Waals surface area contributed by atoms with Crippen molar-refractivity contribution in [3.8, 4) is 0 Å². The van der Waals surface area contributed by atoms with Gasteiger partial charge in [0.15, 0.2) is 0 Å². The highest BCUT2D eigenvalue weighted by atomic mass is 15.3. The maximum atomic E-state index is 4.42. The second kappa shape index (κ2) is 5.92. The van der Waals surface area contributed by atoms with E-state index in [1.54, 1.807) is 0 Å². The molecule has 16 heavy (non-hydrogen) atoms. The number of aromatic nitrogens is 2. The van der Waals surface area contributed by atoms with E-state index < -0.39 is 0 Å². The normalized spacial score (nSPS) is 13.1. The second-order valence-corrected chi connectivity index (χ2v) is 4.90. The molecule has 1 atom stereocenters. The van der Waals surface area contributed by atoms with E-state index in [-0.39, 0.29) is 0 Å². The molecule has 92 valence electrons. The highest BCUT2D eigenvalue weighted by Crippen LogP contribution is 2.17. The van der Waals surface area contributed by atoms with Gasteiger partial charge in [0.25, 0.3) is 0 Å². The molecule has 0 bridgehead atoms. The van der Waals surface area contributed by atoms with E-state index in [0.29, 0.717) is 12.0 Å². The zero-order valence-electron chi connectivity index (χ0n) is 11.2. The summed E-state index contributed by atoms with van der Waals surface area (Å²) in [4.78, 5) is 0. The Kier molecular flexibility index (Phi) is 4.84. The fourth-order valence-electron chi connectivity index (χ4n) is 1.53. The Morgan fingerprint density at radius 2 is 2.06 bits per heavy atom. The lowest BCUT2D eigenvalue weighted by Crippen LogP contribution is -2.21. The zero-order chi connectivity index (χ0) is 12.1. The lowest BCUT2D eigenvalue weighted by Gasteiger charge is -2.18. The van der Waals surface area contributed by atoms with Crippen molar-refractivity contribution in [3.05, 3.63) is 11.9 Å². The summed E-state index contributed by atoms with van der Waals surface area (Å²) in [5.41, 5.74) is 2.43. The first-order chi connectivity index (χ1) is 7.56. The molecule has 0 radical (unpaired) electrons. The van der Waals surface area contributed by atoms with Gasteiger partial charge < -0.3 is 5.32 Å². The summed E-state index contributed by atoms with van der Waals surface area (Å²) in [6.45, 7) is 12.0. The summed E-state index contributed by atoms with van der Waals surface area (Å²) in [6.07, 6.45) is 4.36. The van der Waals surface area contributed by atoms with Crippen molar-refractivity contribution < 1.29 is 0 Å². The molecular weight excluding hydrogens is 198 g/mol. The van der Waals surface area contributed by atoms with Crippen LogP contribution in [0.15, 0.2) is 6.20 Å². The van der Waals surface area contributed by atoms with Crippen LogP contribution in [-0.4, -0.2) is 15.8 Å². The molecule has 0 spiro atoms. The van der Waals surface area contributed by atoms with Crippen molar-refractivity contribution in [3.63, 3.8) is 0 Å². The van der Waals surface area contributed by atoms with Crippen molar-refractivity contribution in [2.45, 2.75) is 60.0 Å². The summed E-state index contributed by atoms with van der Waals surface area (Å²) >= 11 is 0. The van der Waals surface area contributed by atoms with E-state index in [9.17, 15) is 0 Å². The van der Waals surface area contributed by atoms with Crippen LogP contribution in [-0.2, 0) is 6.54 Å². The van der Waals surface area contributed by atoms with Gasteiger partial charge in [-0.25, -0.2) is 0 Å². The minimum atomic E-state index is 0.488. The molecule has 0 fully saturated rings. The van der Waals surface area contributed by atoms with E-state index in [1.165, 1.54) is 24.2 Å². The summed E-state index contributed by atoms with van der Waals surface area (Å²) in [6, 6.07) is 0.488. The van der Waals surface area contributed by atoms with Crippen molar-refractivity contribution in [2.24, 2.45) is 5.92 Å². The molecule has 0 amide bonds. The van der Waals surface area contributed by atoms with Crippen LogP contribution in [0.3, 0.4) is 0 Å². The average molecular weight is 223 g/mol. The van der Waals surface area contributed by atoms with E-state index in [0.717, 1.165) is 6.54 Å². The van der Waals surface area contributed by atoms with Gasteiger partial charge in [0.2, 0.25) is 0 Å². The SMILES string of the molecule is CCCCn1ncc(NC(C)C(C)C)c1C. The first kappa shape index (κ1) is 13.1. The maximum absolute atomic E-state index is 4.42. The van der Waals surface area contributed by atoms with Crippen LogP contribution in [0.2, 0.25) is 0 Å². The van der Waals surface area contributed by atoms with Crippen LogP contribution in [0.5, 0.6) is 0 Å². The number of anilines is 1. The van der Waals surface area contributed by atoms with Gasteiger partial charge in [0, 0.05) is 12.6 Å². The molecule has 1 heterocycles. The lowest BCUT2D eigenvalue weighted by atomic mass is 10.1. The zero-order valence-corrected chi connectivity index (χ0v) is 11.2. The van der Waals surface area contributed by atoms with Crippen LogP contribution >= 0.6 is 0 Å². The largest absolute Gasteiger partial charge is 0.380 e. The Labute approximate surface area is 99.2 Å². The summed E-state index contributed by atoms with van der Waals surface area (Å²) in [5, 5.41) is 7.94. The third-order valence-corrected chi connectivity index (χ3v) is 3.21. The molecule has 1 rings (SSSR count). The van der Waals surface area contributed by atoms with Crippen LogP contribution in [0.25, 0.3) is 0 Å². The molecule has 0 aromatic carbocycles. The lowest BCUT2D eigenvalue weighted by molar-refractivity contribution is 0.553. The predicted molar refractivity (Wildman–Crippen MR) is 69.8 cm³/mol. The third-order valence-electron chi connectivity index (χ3n) is 3.21. The minimum Gasteiger partial charge on any atom is -0.380 e. The molecule has 1 aromatic heterocycles. The first-order valence-corrected chi connectivity index (χ1v) is 6.35. The number of nitrogens with one attached hydrogen (secondary N) is 1. The van der Waals surface area contributed by atoms with Gasteiger partial charge in [0.05, 0.1) is 17.6 Å². The minimum absolute atomic E-state index is 0.488. The Morgan fingerprint density at radius 1 is 1.38 bits per heavy atom. The number of aryl methyl sites for hydroxylation is 1. The van der Waals surface area contributed by atoms with Crippen LogP contribution in [0.1, 0.15) is 46.2 Å². The number of hydrogen-bond acceptors (Lipinski definition) is 2. The van der Waals surface area contributed by atoms with Gasteiger partial charge >= 0.3 is 0 Å². The molecule has 1 aromatic rings. The predicted octanol–water partition coefficient (Wildman–Crippen LogP) is 3.45. The molecule has 1 unspecified atom stereocenters. The fourth-order valence-corrected chi connectivity index (χ4v) is 1.53. The third kappa shape index (κ3) is 3.26. The smallest absolute Gasteiger partial charge is 0.0758 e. The summed E-state index contributed by atoms with van der Waals surface area (Å²) in [7, 11) is 0. The van der Waals surface area contributed by atoms with Crippen molar-refractivity contribution >= 4 is 5.69 Å². The number of nitrogens with zero attached hydrogens (tertiary/aromatic N) is 2. The molecule has 0 aliphatic carbocycles. The number of unbranched alkanes of at least 4 members (excludes halogenated alkanes) is 1. The van der Waals surface area contributed by atoms with Crippen LogP contribution < -0.4 is 5.32 Å². The van der Waals surface area contributed by atoms with Gasteiger partial charge in [-0.05, 0) is 26.2 Å². The monoisotopic (exact) mass is 223 g/mol. The van der Waals surface area contributed by atoms with E-state index in [1.807, 2.05) is 6.20 Å². The van der Waals surface area contributed by atoms with Gasteiger partial charge in [-0.15, -0.1) is 0 Å². The van der Waals surface area contributed by atoms with Crippen molar-refractivity contribution in [1.29, 1.82) is 0 Å². The van der Waals surface area contributed by atoms with E-state index in [2.05, 4.69) is 49.7 Å². The highest BCUT2D eigenvalue weighted by molar-refractivity contribution is 5.46. The molecule has 0 aliphatic heterocycles. The number of rotatable bonds is 6. The van der Waals surface area contributed by atoms with Crippen LogP contribution in [0, 0.1) is 12.8 Å². The highest BCUT2D eigenvalue weighted by Gasteiger charge is 2.11. The van der Waals surface area contributed by atoms with Gasteiger partial charge in [-0.3, -0.25) is 4.68 Å². The van der Waals surface area contributed by atoms with Gasteiger partial charge in [-0.1, -0.05) is 27.2 Å². The Hall–Kier alpha value is -0.990. The summed E-state index contributed by atoms with van der Waals surface area (Å²) < 4.78 is 2.10.